The summed E-state index contributed by atoms with van der Waals surface area (Å²) in [6.45, 7) is 1.87. The number of fused-ring (bicyclic) bond motifs is 1. The number of hydrazine groups is 1. The topological polar surface area (TPSA) is 97.0 Å². The summed E-state index contributed by atoms with van der Waals surface area (Å²) >= 11 is 0. The van der Waals surface area contributed by atoms with Crippen LogP contribution in [-0.4, -0.2) is 33.6 Å². The van der Waals surface area contributed by atoms with Gasteiger partial charge in [0.2, 0.25) is 0 Å². The van der Waals surface area contributed by atoms with Crippen molar-refractivity contribution < 1.29 is 22.7 Å². The first-order valence-corrected chi connectivity index (χ1v) is 11.3. The van der Waals surface area contributed by atoms with E-state index in [1.807, 2.05) is 6.92 Å². The number of nitrogens with zero attached hydrogens (tertiary/aromatic N) is 1. The molecule has 2 N–H and O–H groups in total. The number of amides is 1. The lowest BCUT2D eigenvalue weighted by Crippen LogP contribution is -2.52. The van der Waals surface area contributed by atoms with E-state index < -0.39 is 22.1 Å². The second-order valence-electron chi connectivity index (χ2n) is 7.28. The number of rotatable bonds is 6. The van der Waals surface area contributed by atoms with Crippen LogP contribution in [0.3, 0.4) is 0 Å². The molecule has 1 aliphatic rings. The number of hydrogen-bond acceptors (Lipinski definition) is 6. The molecule has 3 aromatic carbocycles. The average molecular weight is 454 g/mol. The summed E-state index contributed by atoms with van der Waals surface area (Å²) < 4.78 is 37.0. The van der Waals surface area contributed by atoms with Gasteiger partial charge in [-0.25, -0.2) is 13.4 Å². The van der Waals surface area contributed by atoms with E-state index in [-0.39, 0.29) is 4.90 Å². The zero-order valence-electron chi connectivity index (χ0n) is 17.8. The van der Waals surface area contributed by atoms with E-state index in [2.05, 4.69) is 10.1 Å². The Labute approximate surface area is 186 Å². The number of hydrogen-bond donors (Lipinski definition) is 2. The van der Waals surface area contributed by atoms with Crippen LogP contribution in [-0.2, 0) is 10.0 Å². The van der Waals surface area contributed by atoms with Gasteiger partial charge >= 0.3 is 0 Å². The molecule has 0 saturated heterocycles. The SMILES string of the molecule is COc1ccc([C@H]2Nc3ccccc3C(=O)N2NS(=O)(=O)c2ccc(C)cc2)c(OC)c1. The average Bonchev–Trinajstić information content (AvgIpc) is 2.80. The summed E-state index contributed by atoms with van der Waals surface area (Å²) in [4.78, 5) is 15.9. The van der Waals surface area contributed by atoms with Gasteiger partial charge in [-0.2, -0.15) is 0 Å². The number of para-hydroxylation sites is 1. The number of carbonyl (C=O) groups excluding carboxylic acids is 1. The molecule has 0 bridgehead atoms. The van der Waals surface area contributed by atoms with Crippen molar-refractivity contribution in [3.8, 4) is 11.5 Å². The van der Waals surface area contributed by atoms with E-state index in [0.29, 0.717) is 28.3 Å². The monoisotopic (exact) mass is 453 g/mol. The Morgan fingerprint density at radius 3 is 2.38 bits per heavy atom. The van der Waals surface area contributed by atoms with Crippen LogP contribution < -0.4 is 19.6 Å². The van der Waals surface area contributed by atoms with Crippen molar-refractivity contribution in [3.63, 3.8) is 0 Å². The fourth-order valence-electron chi connectivity index (χ4n) is 3.51. The van der Waals surface area contributed by atoms with Crippen LogP contribution in [0.2, 0.25) is 0 Å². The van der Waals surface area contributed by atoms with Crippen LogP contribution in [0.4, 0.5) is 5.69 Å². The van der Waals surface area contributed by atoms with Crippen molar-refractivity contribution >= 4 is 21.6 Å². The summed E-state index contributed by atoms with van der Waals surface area (Å²) in [5.41, 5.74) is 2.42. The molecule has 0 fully saturated rings. The molecule has 32 heavy (non-hydrogen) atoms. The van der Waals surface area contributed by atoms with E-state index in [0.717, 1.165) is 10.6 Å². The van der Waals surface area contributed by atoms with Crippen LogP contribution in [0.25, 0.3) is 0 Å². The maximum Gasteiger partial charge on any atom is 0.273 e. The summed E-state index contributed by atoms with van der Waals surface area (Å²) in [5, 5.41) is 4.32. The summed E-state index contributed by atoms with van der Waals surface area (Å²) in [7, 11) is -1.00. The highest BCUT2D eigenvalue weighted by Crippen LogP contribution is 2.37. The number of benzene rings is 3. The number of nitrogens with one attached hydrogen (secondary N) is 2. The minimum atomic E-state index is -4.04. The Balaban J connectivity index is 1.80. The van der Waals surface area contributed by atoms with Crippen molar-refractivity contribution in [1.82, 2.24) is 9.84 Å². The Kier molecular flexibility index (Phi) is 5.77. The number of carbonyl (C=O) groups is 1. The van der Waals surface area contributed by atoms with Crippen molar-refractivity contribution in [2.45, 2.75) is 18.0 Å². The third-order valence-corrected chi connectivity index (χ3v) is 6.54. The lowest BCUT2D eigenvalue weighted by Gasteiger charge is -2.38. The predicted molar refractivity (Wildman–Crippen MR) is 120 cm³/mol. The van der Waals surface area contributed by atoms with Crippen molar-refractivity contribution in [2.24, 2.45) is 0 Å². The molecule has 3 aromatic rings. The maximum absolute atomic E-state index is 13.4. The van der Waals surface area contributed by atoms with Crippen LogP contribution in [0.1, 0.15) is 27.7 Å². The van der Waals surface area contributed by atoms with Crippen LogP contribution >= 0.6 is 0 Å². The fraction of sp³-hybridized carbons (Fsp3) is 0.174. The molecule has 1 amide bonds. The van der Waals surface area contributed by atoms with Gasteiger partial charge < -0.3 is 14.8 Å². The second-order valence-corrected chi connectivity index (χ2v) is 8.94. The third kappa shape index (κ3) is 4.00. The molecule has 0 aliphatic carbocycles. The molecule has 1 heterocycles. The van der Waals surface area contributed by atoms with E-state index in [9.17, 15) is 13.2 Å². The molecule has 0 radical (unpaired) electrons. The highest BCUT2D eigenvalue weighted by Gasteiger charge is 2.37. The molecular formula is C23H23N3O5S. The van der Waals surface area contributed by atoms with Gasteiger partial charge in [0, 0.05) is 17.3 Å². The lowest BCUT2D eigenvalue weighted by molar-refractivity contribution is 0.0630. The Morgan fingerprint density at radius 1 is 0.969 bits per heavy atom. The Bertz CT molecular complexity index is 1260. The highest BCUT2D eigenvalue weighted by molar-refractivity contribution is 7.89. The maximum atomic E-state index is 13.4. The molecule has 9 heteroatoms. The molecule has 0 spiro atoms. The number of ether oxygens (including phenoxy) is 2. The normalized spacial score (nSPS) is 15.7. The van der Waals surface area contributed by atoms with Crippen LogP contribution in [0, 0.1) is 6.92 Å². The van der Waals surface area contributed by atoms with Gasteiger partial charge in [0.1, 0.15) is 17.7 Å². The van der Waals surface area contributed by atoms with Gasteiger partial charge in [-0.15, -0.1) is 4.83 Å². The molecular weight excluding hydrogens is 430 g/mol. The zero-order chi connectivity index (χ0) is 22.9. The number of sulfonamides is 1. The molecule has 0 unspecified atom stereocenters. The van der Waals surface area contributed by atoms with Crippen molar-refractivity contribution in [1.29, 1.82) is 0 Å². The van der Waals surface area contributed by atoms with Gasteiger partial charge in [-0.3, -0.25) is 4.79 Å². The summed E-state index contributed by atoms with van der Waals surface area (Å²) in [5.74, 6) is 0.520. The number of aryl methyl sites for hydroxylation is 1. The molecule has 0 saturated carbocycles. The fourth-order valence-corrected chi connectivity index (χ4v) is 4.56. The molecule has 1 atom stereocenters. The number of methoxy groups -OCH3 is 2. The second kappa shape index (κ2) is 8.52. The molecule has 166 valence electrons. The first-order chi connectivity index (χ1) is 15.3. The molecule has 4 rings (SSSR count). The van der Waals surface area contributed by atoms with Crippen molar-refractivity contribution in [2.75, 3.05) is 19.5 Å². The van der Waals surface area contributed by atoms with Crippen molar-refractivity contribution in [3.05, 3.63) is 83.4 Å². The minimum Gasteiger partial charge on any atom is -0.497 e. The largest absolute Gasteiger partial charge is 0.497 e. The van der Waals surface area contributed by atoms with E-state index in [4.69, 9.17) is 9.47 Å². The molecule has 1 aliphatic heterocycles. The zero-order valence-corrected chi connectivity index (χ0v) is 18.6. The smallest absolute Gasteiger partial charge is 0.273 e. The van der Waals surface area contributed by atoms with Crippen LogP contribution in [0.5, 0.6) is 11.5 Å². The van der Waals surface area contributed by atoms with Gasteiger partial charge in [0.05, 0.1) is 24.7 Å². The first kappa shape index (κ1) is 21.7. The minimum absolute atomic E-state index is 0.0511. The summed E-state index contributed by atoms with van der Waals surface area (Å²) in [6.07, 6.45) is -0.863. The van der Waals surface area contributed by atoms with Gasteiger partial charge in [-0.1, -0.05) is 29.8 Å². The Hall–Kier alpha value is -3.56. The Morgan fingerprint density at radius 2 is 1.69 bits per heavy atom. The lowest BCUT2D eigenvalue weighted by atomic mass is 10.0. The van der Waals surface area contributed by atoms with Gasteiger partial charge in [0.25, 0.3) is 15.9 Å². The predicted octanol–water partition coefficient (Wildman–Crippen LogP) is 3.47. The molecule has 8 nitrogen and oxygen atoms in total. The van der Waals surface area contributed by atoms with E-state index >= 15 is 0 Å². The van der Waals surface area contributed by atoms with E-state index in [1.54, 1.807) is 54.6 Å². The van der Waals surface area contributed by atoms with Gasteiger partial charge in [-0.05, 0) is 43.3 Å². The number of anilines is 1. The molecule has 0 aromatic heterocycles. The third-order valence-electron chi connectivity index (χ3n) is 5.21. The highest BCUT2D eigenvalue weighted by atomic mass is 32.2. The van der Waals surface area contributed by atoms with E-state index in [1.165, 1.54) is 26.4 Å². The standard InChI is InChI=1S/C23H23N3O5S/c1-15-8-11-17(12-9-15)32(28,29)25-26-22(19-13-10-16(30-2)14-21(19)31-3)24-20-7-5-4-6-18(20)23(26)27/h4-14,22,24-25H,1-3H3/t22-/m0/s1. The van der Waals surface area contributed by atoms with Gasteiger partial charge in [0.15, 0.2) is 0 Å². The first-order valence-electron chi connectivity index (χ1n) is 9.84. The quantitative estimate of drug-likeness (QED) is 0.593. The summed E-state index contributed by atoms with van der Waals surface area (Å²) in [6, 6.07) is 18.4. The van der Waals surface area contributed by atoms with Crippen LogP contribution in [0.15, 0.2) is 71.6 Å².